The van der Waals surface area contributed by atoms with Crippen LogP contribution in [-0.4, -0.2) is 31.4 Å². The van der Waals surface area contributed by atoms with Crippen LogP contribution in [0.1, 0.15) is 6.92 Å². The second-order valence-corrected chi connectivity index (χ2v) is 2.43. The third-order valence-corrected chi connectivity index (χ3v) is 1.32. The van der Waals surface area contributed by atoms with Gasteiger partial charge in [-0.2, -0.15) is 0 Å². The Labute approximate surface area is 85.5 Å². The van der Waals surface area contributed by atoms with E-state index in [9.17, 15) is 4.79 Å². The molecular weight excluding hydrogens is 202 g/mol. The zero-order valence-corrected chi connectivity index (χ0v) is 8.12. The second kappa shape index (κ2) is 5.62. The molecular formula is C6H11N7O2. The highest BCUT2D eigenvalue weighted by molar-refractivity contribution is 5.83. The molecule has 0 amide bonds. The third kappa shape index (κ3) is 4.11. The van der Waals surface area contributed by atoms with Gasteiger partial charge in [-0.25, -0.2) is 4.99 Å². The lowest BCUT2D eigenvalue weighted by molar-refractivity contribution is -0.141. The smallest absolute Gasteiger partial charge is 0.325 e. The van der Waals surface area contributed by atoms with Gasteiger partial charge in [-0.15, -0.1) is 10.2 Å². The molecule has 0 radical (unpaired) electrons. The fourth-order valence-corrected chi connectivity index (χ4v) is 0.758. The lowest BCUT2D eigenvalue weighted by atomic mass is 10.6. The van der Waals surface area contributed by atoms with E-state index in [-0.39, 0.29) is 12.5 Å². The van der Waals surface area contributed by atoms with Crippen LogP contribution in [0.25, 0.3) is 0 Å². The van der Waals surface area contributed by atoms with Crippen molar-refractivity contribution in [2.45, 2.75) is 13.2 Å². The zero-order chi connectivity index (χ0) is 11.1. The van der Waals surface area contributed by atoms with Gasteiger partial charge in [0.1, 0.15) is 6.54 Å². The maximum Gasteiger partial charge on any atom is 0.325 e. The molecule has 1 aliphatic rings. The highest BCUT2D eigenvalue weighted by atomic mass is 16.5. The number of esters is 1. The molecule has 1 heterocycles. The average Bonchev–Trinajstić information content (AvgIpc) is 2.68. The molecule has 3 N–H and O–H groups in total. The molecule has 82 valence electrons. The quantitative estimate of drug-likeness (QED) is 0.373. The SMILES string of the molecule is CCOC(=O)CNC(N)=NC1N=NN=N1. The Kier molecular flexibility index (Phi) is 4.13. The van der Waals surface area contributed by atoms with Gasteiger partial charge in [0, 0.05) is 0 Å². The molecule has 0 saturated heterocycles. The Morgan fingerprint density at radius 3 is 2.80 bits per heavy atom. The van der Waals surface area contributed by atoms with Gasteiger partial charge in [-0.3, -0.25) is 4.79 Å². The van der Waals surface area contributed by atoms with Crippen molar-refractivity contribution in [1.82, 2.24) is 5.32 Å². The van der Waals surface area contributed by atoms with Crippen LogP contribution in [0, 0.1) is 0 Å². The van der Waals surface area contributed by atoms with E-state index in [1.807, 2.05) is 0 Å². The standard InChI is InChI=1S/C6H11N7O2/c1-2-15-4(14)3-8-5(7)9-6-10-12-13-11-6/h6H,2-3H2,1H3,(H3,7,8,9). The summed E-state index contributed by atoms with van der Waals surface area (Å²) in [5, 5.41) is 16.0. The first kappa shape index (κ1) is 11.0. The maximum absolute atomic E-state index is 10.9. The normalized spacial score (nSPS) is 15.7. The highest BCUT2D eigenvalue weighted by Crippen LogP contribution is 2.04. The van der Waals surface area contributed by atoms with Crippen LogP contribution in [0.5, 0.6) is 0 Å². The first-order chi connectivity index (χ1) is 7.22. The first-order valence-corrected chi connectivity index (χ1v) is 4.25. The van der Waals surface area contributed by atoms with Crippen LogP contribution >= 0.6 is 0 Å². The van der Waals surface area contributed by atoms with Gasteiger partial charge < -0.3 is 15.8 Å². The highest BCUT2D eigenvalue weighted by Gasteiger charge is 2.08. The van der Waals surface area contributed by atoms with E-state index in [4.69, 9.17) is 5.73 Å². The number of nitrogens with one attached hydrogen (secondary N) is 1. The van der Waals surface area contributed by atoms with E-state index < -0.39 is 12.3 Å². The van der Waals surface area contributed by atoms with Crippen molar-refractivity contribution in [2.24, 2.45) is 31.4 Å². The molecule has 0 saturated carbocycles. The van der Waals surface area contributed by atoms with Crippen molar-refractivity contribution in [2.75, 3.05) is 13.2 Å². The lowest BCUT2D eigenvalue weighted by Crippen LogP contribution is -2.37. The summed E-state index contributed by atoms with van der Waals surface area (Å²) in [5.41, 5.74) is 5.43. The average molecular weight is 213 g/mol. The van der Waals surface area contributed by atoms with Crippen LogP contribution in [-0.2, 0) is 9.53 Å². The molecule has 0 fully saturated rings. The summed E-state index contributed by atoms with van der Waals surface area (Å²) in [5.74, 6) is -0.377. The minimum Gasteiger partial charge on any atom is -0.465 e. The van der Waals surface area contributed by atoms with Crippen molar-refractivity contribution in [3.63, 3.8) is 0 Å². The molecule has 0 aromatic heterocycles. The van der Waals surface area contributed by atoms with Crippen LogP contribution in [0.2, 0.25) is 0 Å². The number of nitrogens with zero attached hydrogens (tertiary/aromatic N) is 5. The van der Waals surface area contributed by atoms with Crippen molar-refractivity contribution in [1.29, 1.82) is 0 Å². The summed E-state index contributed by atoms with van der Waals surface area (Å²) in [6.07, 6.45) is -0.750. The summed E-state index contributed by atoms with van der Waals surface area (Å²) < 4.78 is 4.67. The van der Waals surface area contributed by atoms with Gasteiger partial charge in [-0.05, 0) is 17.4 Å². The van der Waals surface area contributed by atoms with E-state index in [0.717, 1.165) is 0 Å². The molecule has 9 nitrogen and oxygen atoms in total. The molecule has 0 unspecified atom stereocenters. The molecule has 0 aromatic rings. The summed E-state index contributed by atoms with van der Waals surface area (Å²) in [4.78, 5) is 14.7. The fraction of sp³-hybridized carbons (Fsp3) is 0.667. The van der Waals surface area contributed by atoms with Gasteiger partial charge in [0.25, 0.3) is 6.29 Å². The van der Waals surface area contributed by atoms with Crippen LogP contribution in [0.4, 0.5) is 0 Å². The fourth-order valence-electron chi connectivity index (χ4n) is 0.758. The van der Waals surface area contributed by atoms with Crippen molar-refractivity contribution >= 4 is 11.9 Å². The van der Waals surface area contributed by atoms with Crippen LogP contribution in [0.15, 0.2) is 25.7 Å². The third-order valence-electron chi connectivity index (χ3n) is 1.32. The molecule has 1 aliphatic heterocycles. The molecule has 0 aromatic carbocycles. The minimum absolute atomic E-state index is 0.0350. The summed E-state index contributed by atoms with van der Waals surface area (Å²) in [6.45, 7) is 1.99. The summed E-state index contributed by atoms with van der Waals surface area (Å²) >= 11 is 0. The number of rotatable bonds is 4. The van der Waals surface area contributed by atoms with E-state index in [0.29, 0.717) is 6.61 Å². The molecule has 0 aliphatic carbocycles. The Morgan fingerprint density at radius 1 is 1.53 bits per heavy atom. The second-order valence-electron chi connectivity index (χ2n) is 2.43. The van der Waals surface area contributed by atoms with Gasteiger partial charge in [0.15, 0.2) is 5.96 Å². The first-order valence-electron chi connectivity index (χ1n) is 4.25. The molecule has 0 atom stereocenters. The van der Waals surface area contributed by atoms with E-state index in [2.05, 4.69) is 35.7 Å². The van der Waals surface area contributed by atoms with Gasteiger partial charge in [-0.1, -0.05) is 0 Å². The lowest BCUT2D eigenvalue weighted by Gasteiger charge is -2.04. The summed E-state index contributed by atoms with van der Waals surface area (Å²) in [7, 11) is 0. The van der Waals surface area contributed by atoms with E-state index in [1.165, 1.54) is 0 Å². The van der Waals surface area contributed by atoms with Crippen molar-refractivity contribution < 1.29 is 9.53 Å². The molecule has 15 heavy (non-hydrogen) atoms. The zero-order valence-electron chi connectivity index (χ0n) is 8.12. The number of ether oxygens (including phenoxy) is 1. The number of hydrogen-bond acceptors (Lipinski definition) is 7. The largest absolute Gasteiger partial charge is 0.465 e. The predicted molar refractivity (Wildman–Crippen MR) is 49.8 cm³/mol. The summed E-state index contributed by atoms with van der Waals surface area (Å²) in [6, 6.07) is 0. The van der Waals surface area contributed by atoms with Crippen LogP contribution < -0.4 is 11.1 Å². The Bertz CT molecular complexity index is 299. The van der Waals surface area contributed by atoms with Crippen molar-refractivity contribution in [3.05, 3.63) is 0 Å². The number of aliphatic imine (C=N–C) groups is 1. The van der Waals surface area contributed by atoms with Gasteiger partial charge in [0.05, 0.1) is 6.61 Å². The Hall–Kier alpha value is -2.06. The Morgan fingerprint density at radius 2 is 2.20 bits per heavy atom. The number of carbonyl (C=O) groups excluding carboxylic acids is 1. The number of hydrogen-bond donors (Lipinski definition) is 2. The number of guanidine groups is 1. The van der Waals surface area contributed by atoms with E-state index >= 15 is 0 Å². The van der Waals surface area contributed by atoms with E-state index in [1.54, 1.807) is 6.92 Å². The monoisotopic (exact) mass is 213 g/mol. The minimum atomic E-state index is -0.750. The predicted octanol–water partition coefficient (Wildman–Crippen LogP) is -0.430. The number of nitrogens with two attached hydrogens (primary N) is 1. The van der Waals surface area contributed by atoms with Crippen molar-refractivity contribution in [3.8, 4) is 0 Å². The molecule has 9 heteroatoms. The Balaban J connectivity index is 2.28. The maximum atomic E-state index is 10.9. The van der Waals surface area contributed by atoms with Crippen LogP contribution in [0.3, 0.4) is 0 Å². The number of carbonyl (C=O) groups is 1. The van der Waals surface area contributed by atoms with Gasteiger partial charge in [0.2, 0.25) is 0 Å². The molecule has 1 rings (SSSR count). The van der Waals surface area contributed by atoms with Gasteiger partial charge >= 0.3 is 5.97 Å². The molecule has 0 spiro atoms. The topological polar surface area (TPSA) is 126 Å². The molecule has 0 bridgehead atoms.